The number of ether oxygens (including phenoxy) is 1. The number of nitrogens with zero attached hydrogens (tertiary/aromatic N) is 1. The number of nitrogens with one attached hydrogen (secondary N) is 2. The molecule has 0 bridgehead atoms. The number of aryl methyl sites for hydroxylation is 2. The highest BCUT2D eigenvalue weighted by molar-refractivity contribution is 7.17. The van der Waals surface area contributed by atoms with Gasteiger partial charge in [-0.2, -0.15) is 0 Å². The number of aromatic nitrogens is 1. The maximum atomic E-state index is 13.0. The summed E-state index contributed by atoms with van der Waals surface area (Å²) in [4.78, 5) is 30.1. The van der Waals surface area contributed by atoms with Crippen LogP contribution in [0.3, 0.4) is 0 Å². The Hall–Kier alpha value is -3.19. The highest BCUT2D eigenvalue weighted by Crippen LogP contribution is 2.30. The Morgan fingerprint density at radius 3 is 2.42 bits per heavy atom. The first-order chi connectivity index (χ1) is 14.8. The van der Waals surface area contributed by atoms with Gasteiger partial charge in [-0.15, -0.1) is 11.3 Å². The van der Waals surface area contributed by atoms with Crippen molar-refractivity contribution >= 4 is 34.5 Å². The average Bonchev–Trinajstić information content (AvgIpc) is 3.13. The molecule has 0 radical (unpaired) electrons. The Labute approximate surface area is 186 Å². The highest BCUT2D eigenvalue weighted by Gasteiger charge is 2.18. The van der Waals surface area contributed by atoms with Crippen LogP contribution in [-0.2, 0) is 4.79 Å². The Balaban J connectivity index is 1.79. The van der Waals surface area contributed by atoms with Crippen LogP contribution < -0.4 is 15.4 Å². The second-order valence-corrected chi connectivity index (χ2v) is 8.52. The molecule has 0 aliphatic heterocycles. The van der Waals surface area contributed by atoms with E-state index in [1.54, 1.807) is 6.07 Å². The second kappa shape index (κ2) is 9.75. The van der Waals surface area contributed by atoms with E-state index in [9.17, 15) is 9.59 Å². The molecule has 2 amide bonds. The molecule has 0 unspecified atom stereocenters. The van der Waals surface area contributed by atoms with Gasteiger partial charge in [-0.3, -0.25) is 9.59 Å². The van der Waals surface area contributed by atoms with E-state index in [0.29, 0.717) is 28.6 Å². The molecule has 0 fully saturated rings. The van der Waals surface area contributed by atoms with Crippen molar-refractivity contribution in [2.75, 3.05) is 17.2 Å². The van der Waals surface area contributed by atoms with Gasteiger partial charge in [-0.05, 0) is 62.7 Å². The van der Waals surface area contributed by atoms with Gasteiger partial charge < -0.3 is 15.4 Å². The van der Waals surface area contributed by atoms with Gasteiger partial charge in [0, 0.05) is 22.9 Å². The standard InChI is InChI=1S/C24H27N3O3S/c1-6-30-19-11-8-17(9-12-19)24-25-16(5)21(31-24)23(29)27-20-13-18(10-7-15(20)4)26-22(28)14(2)3/h7-14H,6H2,1-5H3,(H,26,28)(H,27,29). The van der Waals surface area contributed by atoms with Crippen LogP contribution >= 0.6 is 11.3 Å². The van der Waals surface area contributed by atoms with Crippen molar-refractivity contribution in [3.05, 3.63) is 58.6 Å². The normalized spacial score (nSPS) is 10.8. The fraction of sp³-hybridized carbons (Fsp3) is 0.292. The third kappa shape index (κ3) is 5.49. The lowest BCUT2D eigenvalue weighted by Crippen LogP contribution is -2.18. The molecule has 0 spiro atoms. The quantitative estimate of drug-likeness (QED) is 0.499. The summed E-state index contributed by atoms with van der Waals surface area (Å²) in [5.74, 6) is 0.389. The maximum absolute atomic E-state index is 13.0. The van der Waals surface area contributed by atoms with Gasteiger partial charge in [0.15, 0.2) is 0 Å². The summed E-state index contributed by atoms with van der Waals surface area (Å²) in [6, 6.07) is 13.2. The number of carbonyl (C=O) groups excluding carboxylic acids is 2. The third-order valence-electron chi connectivity index (χ3n) is 4.69. The van der Waals surface area contributed by atoms with Crippen LogP contribution in [0.1, 0.15) is 41.7 Å². The van der Waals surface area contributed by atoms with Crippen molar-refractivity contribution in [3.63, 3.8) is 0 Å². The van der Waals surface area contributed by atoms with Crippen LogP contribution in [0.25, 0.3) is 10.6 Å². The minimum atomic E-state index is -0.220. The summed E-state index contributed by atoms with van der Waals surface area (Å²) in [6.07, 6.45) is 0. The van der Waals surface area contributed by atoms with E-state index in [2.05, 4.69) is 15.6 Å². The van der Waals surface area contributed by atoms with E-state index < -0.39 is 0 Å². The number of benzene rings is 2. The lowest BCUT2D eigenvalue weighted by molar-refractivity contribution is -0.118. The number of anilines is 2. The molecule has 0 saturated heterocycles. The SMILES string of the molecule is CCOc1ccc(-c2nc(C)c(C(=O)Nc3cc(NC(=O)C(C)C)ccc3C)s2)cc1. The molecule has 0 aliphatic carbocycles. The minimum absolute atomic E-state index is 0.0700. The molecule has 1 heterocycles. The van der Waals surface area contributed by atoms with Crippen LogP contribution in [0.2, 0.25) is 0 Å². The van der Waals surface area contributed by atoms with Crippen molar-refractivity contribution < 1.29 is 14.3 Å². The van der Waals surface area contributed by atoms with Crippen molar-refractivity contribution in [2.24, 2.45) is 5.92 Å². The molecule has 7 heteroatoms. The zero-order valence-corrected chi connectivity index (χ0v) is 19.2. The van der Waals surface area contributed by atoms with Crippen LogP contribution in [0, 0.1) is 19.8 Å². The topological polar surface area (TPSA) is 80.3 Å². The van der Waals surface area contributed by atoms with E-state index in [4.69, 9.17) is 4.74 Å². The molecule has 6 nitrogen and oxygen atoms in total. The van der Waals surface area contributed by atoms with Crippen molar-refractivity contribution in [1.82, 2.24) is 4.98 Å². The molecule has 0 aliphatic rings. The van der Waals surface area contributed by atoms with Gasteiger partial charge in [0.25, 0.3) is 5.91 Å². The van der Waals surface area contributed by atoms with E-state index in [1.807, 2.05) is 71.0 Å². The third-order valence-corrected chi connectivity index (χ3v) is 5.90. The number of carbonyl (C=O) groups is 2. The van der Waals surface area contributed by atoms with Gasteiger partial charge in [0.05, 0.1) is 12.3 Å². The summed E-state index contributed by atoms with van der Waals surface area (Å²) in [6.45, 7) is 9.96. The van der Waals surface area contributed by atoms with Crippen LogP contribution in [0.15, 0.2) is 42.5 Å². The van der Waals surface area contributed by atoms with Crippen LogP contribution in [-0.4, -0.2) is 23.4 Å². The predicted octanol–water partition coefficient (Wildman–Crippen LogP) is 5.67. The lowest BCUT2D eigenvalue weighted by atomic mass is 10.1. The Morgan fingerprint density at radius 1 is 1.06 bits per heavy atom. The molecule has 0 atom stereocenters. The Morgan fingerprint density at radius 2 is 1.77 bits per heavy atom. The summed E-state index contributed by atoms with van der Waals surface area (Å²) in [5.41, 5.74) is 3.82. The fourth-order valence-corrected chi connectivity index (χ4v) is 3.86. The van der Waals surface area contributed by atoms with Gasteiger partial charge in [0.2, 0.25) is 5.91 Å². The first kappa shape index (κ1) is 22.5. The monoisotopic (exact) mass is 437 g/mol. The molecule has 3 rings (SSSR count). The molecule has 1 aromatic heterocycles. The molecule has 3 aromatic rings. The highest BCUT2D eigenvalue weighted by atomic mass is 32.1. The second-order valence-electron chi connectivity index (χ2n) is 7.52. The van der Waals surface area contributed by atoms with E-state index >= 15 is 0 Å². The van der Waals surface area contributed by atoms with E-state index in [-0.39, 0.29) is 17.7 Å². The molecule has 162 valence electrons. The van der Waals surface area contributed by atoms with Crippen molar-refractivity contribution in [2.45, 2.75) is 34.6 Å². The minimum Gasteiger partial charge on any atom is -0.494 e. The summed E-state index contributed by atoms with van der Waals surface area (Å²) >= 11 is 1.35. The first-order valence-electron chi connectivity index (χ1n) is 10.2. The van der Waals surface area contributed by atoms with Crippen molar-refractivity contribution in [1.29, 1.82) is 0 Å². The number of thiazole rings is 1. The van der Waals surface area contributed by atoms with Crippen LogP contribution in [0.4, 0.5) is 11.4 Å². The average molecular weight is 438 g/mol. The molecule has 0 saturated carbocycles. The fourth-order valence-electron chi connectivity index (χ4n) is 2.89. The zero-order valence-electron chi connectivity index (χ0n) is 18.4. The first-order valence-corrected chi connectivity index (χ1v) is 11.0. The van der Waals surface area contributed by atoms with Gasteiger partial charge >= 0.3 is 0 Å². The van der Waals surface area contributed by atoms with E-state index in [1.165, 1.54) is 11.3 Å². The van der Waals surface area contributed by atoms with Gasteiger partial charge in [-0.25, -0.2) is 4.98 Å². The largest absolute Gasteiger partial charge is 0.494 e. The summed E-state index contributed by atoms with van der Waals surface area (Å²) < 4.78 is 5.48. The summed E-state index contributed by atoms with van der Waals surface area (Å²) in [5, 5.41) is 6.60. The van der Waals surface area contributed by atoms with Gasteiger partial charge in [-0.1, -0.05) is 19.9 Å². The number of hydrogen-bond donors (Lipinski definition) is 2. The smallest absolute Gasteiger partial charge is 0.267 e. The van der Waals surface area contributed by atoms with Gasteiger partial charge in [0.1, 0.15) is 15.6 Å². The Kier molecular flexibility index (Phi) is 7.07. The lowest BCUT2D eigenvalue weighted by Gasteiger charge is -2.12. The Bertz CT molecular complexity index is 1090. The van der Waals surface area contributed by atoms with Crippen molar-refractivity contribution in [3.8, 4) is 16.3 Å². The maximum Gasteiger partial charge on any atom is 0.267 e. The molecule has 2 aromatic carbocycles. The molecule has 2 N–H and O–H groups in total. The molecule has 31 heavy (non-hydrogen) atoms. The number of hydrogen-bond acceptors (Lipinski definition) is 5. The van der Waals surface area contributed by atoms with E-state index in [0.717, 1.165) is 21.9 Å². The number of rotatable bonds is 7. The molecular formula is C24H27N3O3S. The predicted molar refractivity (Wildman–Crippen MR) is 126 cm³/mol. The number of amides is 2. The summed E-state index contributed by atoms with van der Waals surface area (Å²) in [7, 11) is 0. The zero-order chi connectivity index (χ0) is 22.5. The van der Waals surface area contributed by atoms with Crippen LogP contribution in [0.5, 0.6) is 5.75 Å². The molecular weight excluding hydrogens is 410 g/mol.